The molecule has 0 spiro atoms. The van der Waals surface area contributed by atoms with Crippen molar-refractivity contribution in [3.05, 3.63) is 77.8 Å². The first-order chi connectivity index (χ1) is 14.5. The number of carbonyl (C=O) groups excluding carboxylic acids is 2. The minimum absolute atomic E-state index is 0.0888. The first-order valence-corrected chi connectivity index (χ1v) is 9.49. The molecule has 30 heavy (non-hydrogen) atoms. The lowest BCUT2D eigenvalue weighted by atomic mass is 10.1. The molecular formula is C21H23FN6O2. The van der Waals surface area contributed by atoms with Gasteiger partial charge in [-0.25, -0.2) is 19.2 Å². The zero-order valence-corrected chi connectivity index (χ0v) is 16.6. The number of carbonyl (C=O) groups is 2. The Balaban J connectivity index is 1.33. The van der Waals surface area contributed by atoms with Gasteiger partial charge >= 0.3 is 6.03 Å². The van der Waals surface area contributed by atoms with Crippen LogP contribution in [0, 0.1) is 12.7 Å². The molecular weight excluding hydrogens is 387 g/mol. The summed E-state index contributed by atoms with van der Waals surface area (Å²) in [7, 11) is 0. The standard InChI is InChI=1S/C21H23FN6O2/c1-15-23-9-10-28(15)19-6-5-17(13-26-19)14-27-21(30)25-8-7-24-20(29)12-16-3-2-4-18(22)11-16/h2-6,9-11,13H,7-8,12,14H2,1H3,(H,24,29)(H2,25,27,30). The number of aryl methyl sites for hydroxylation is 1. The van der Waals surface area contributed by atoms with Crippen molar-refractivity contribution in [3.8, 4) is 5.82 Å². The van der Waals surface area contributed by atoms with E-state index in [4.69, 9.17) is 0 Å². The fraction of sp³-hybridized carbons (Fsp3) is 0.238. The van der Waals surface area contributed by atoms with E-state index in [0.717, 1.165) is 17.2 Å². The van der Waals surface area contributed by atoms with E-state index in [1.165, 1.54) is 12.1 Å². The number of imidazole rings is 1. The van der Waals surface area contributed by atoms with E-state index in [1.54, 1.807) is 24.5 Å². The smallest absolute Gasteiger partial charge is 0.315 e. The lowest BCUT2D eigenvalue weighted by Crippen LogP contribution is -2.40. The third-order valence-electron chi connectivity index (χ3n) is 4.32. The molecule has 8 nitrogen and oxygen atoms in total. The van der Waals surface area contributed by atoms with Gasteiger partial charge in [-0.1, -0.05) is 18.2 Å². The number of hydrogen-bond donors (Lipinski definition) is 3. The van der Waals surface area contributed by atoms with Gasteiger partial charge in [-0.15, -0.1) is 0 Å². The number of aromatic nitrogens is 3. The first kappa shape index (κ1) is 21.0. The minimum atomic E-state index is -0.375. The van der Waals surface area contributed by atoms with Gasteiger partial charge in [0, 0.05) is 38.2 Å². The van der Waals surface area contributed by atoms with Crippen LogP contribution in [-0.2, 0) is 17.8 Å². The molecule has 3 N–H and O–H groups in total. The molecule has 0 fully saturated rings. The predicted molar refractivity (Wildman–Crippen MR) is 109 cm³/mol. The number of amides is 3. The van der Waals surface area contributed by atoms with Crippen molar-refractivity contribution in [2.24, 2.45) is 0 Å². The number of pyridine rings is 1. The normalized spacial score (nSPS) is 10.5. The number of benzene rings is 1. The highest BCUT2D eigenvalue weighted by Crippen LogP contribution is 2.08. The summed E-state index contributed by atoms with van der Waals surface area (Å²) < 4.78 is 15.0. The number of nitrogens with zero attached hydrogens (tertiary/aromatic N) is 3. The maximum Gasteiger partial charge on any atom is 0.315 e. The zero-order chi connectivity index (χ0) is 21.3. The fourth-order valence-corrected chi connectivity index (χ4v) is 2.80. The molecule has 0 saturated heterocycles. The predicted octanol–water partition coefficient (Wildman–Crippen LogP) is 1.87. The maximum absolute atomic E-state index is 13.1. The largest absolute Gasteiger partial charge is 0.354 e. The van der Waals surface area contributed by atoms with Gasteiger partial charge < -0.3 is 16.0 Å². The van der Waals surface area contributed by atoms with Gasteiger partial charge in [0.1, 0.15) is 17.5 Å². The molecule has 3 rings (SSSR count). The number of hydrogen-bond acceptors (Lipinski definition) is 4. The minimum Gasteiger partial charge on any atom is -0.354 e. The third-order valence-corrected chi connectivity index (χ3v) is 4.32. The van der Waals surface area contributed by atoms with Gasteiger partial charge in [0.2, 0.25) is 5.91 Å². The Bertz CT molecular complexity index is 1000. The summed E-state index contributed by atoms with van der Waals surface area (Å²) in [5, 5.41) is 8.08. The SMILES string of the molecule is Cc1nccn1-c1ccc(CNC(=O)NCCNC(=O)Cc2cccc(F)c2)cn1. The third kappa shape index (κ3) is 6.13. The van der Waals surface area contributed by atoms with Crippen LogP contribution < -0.4 is 16.0 Å². The molecule has 9 heteroatoms. The second-order valence-corrected chi connectivity index (χ2v) is 6.64. The summed E-state index contributed by atoms with van der Waals surface area (Å²) in [6.45, 7) is 2.78. The number of nitrogens with one attached hydrogen (secondary N) is 3. The second-order valence-electron chi connectivity index (χ2n) is 6.64. The van der Waals surface area contributed by atoms with Crippen LogP contribution in [0.3, 0.4) is 0 Å². The van der Waals surface area contributed by atoms with Crippen molar-refractivity contribution in [2.75, 3.05) is 13.1 Å². The molecule has 0 radical (unpaired) electrons. The van der Waals surface area contributed by atoms with E-state index in [-0.39, 0.29) is 37.3 Å². The van der Waals surface area contributed by atoms with E-state index in [2.05, 4.69) is 25.9 Å². The molecule has 1 aromatic carbocycles. The first-order valence-electron chi connectivity index (χ1n) is 9.49. The Labute approximate surface area is 173 Å². The van der Waals surface area contributed by atoms with Gasteiger partial charge in [-0.2, -0.15) is 0 Å². The van der Waals surface area contributed by atoms with E-state index in [0.29, 0.717) is 12.1 Å². The molecule has 3 amide bonds. The van der Waals surface area contributed by atoms with Gasteiger partial charge in [0.05, 0.1) is 6.42 Å². The quantitative estimate of drug-likeness (QED) is 0.494. The highest BCUT2D eigenvalue weighted by molar-refractivity contribution is 5.78. The average molecular weight is 410 g/mol. The van der Waals surface area contributed by atoms with Crippen molar-refractivity contribution in [1.29, 1.82) is 0 Å². The Kier molecular flexibility index (Phi) is 7.09. The van der Waals surface area contributed by atoms with Crippen molar-refractivity contribution in [3.63, 3.8) is 0 Å². The van der Waals surface area contributed by atoms with Gasteiger partial charge in [0.25, 0.3) is 0 Å². The molecule has 156 valence electrons. The second kappa shape index (κ2) is 10.1. The highest BCUT2D eigenvalue weighted by Gasteiger charge is 2.06. The Hall–Kier alpha value is -3.75. The molecule has 0 aliphatic rings. The summed E-state index contributed by atoms with van der Waals surface area (Å²) in [5.74, 6) is 0.991. The molecule has 0 aliphatic carbocycles. The molecule has 0 saturated carbocycles. The van der Waals surface area contributed by atoms with E-state index in [9.17, 15) is 14.0 Å². The van der Waals surface area contributed by atoms with Crippen LogP contribution in [0.15, 0.2) is 55.0 Å². The van der Waals surface area contributed by atoms with Crippen LogP contribution >= 0.6 is 0 Å². The van der Waals surface area contributed by atoms with Crippen LogP contribution in [0.5, 0.6) is 0 Å². The van der Waals surface area contributed by atoms with Crippen LogP contribution in [0.25, 0.3) is 5.82 Å². The summed E-state index contributed by atoms with van der Waals surface area (Å²) in [6.07, 6.45) is 5.33. The molecule has 2 heterocycles. The topological polar surface area (TPSA) is 101 Å². The van der Waals surface area contributed by atoms with Crippen LogP contribution in [0.4, 0.5) is 9.18 Å². The zero-order valence-electron chi connectivity index (χ0n) is 16.6. The van der Waals surface area contributed by atoms with E-state index < -0.39 is 0 Å². The number of urea groups is 1. The Morgan fingerprint density at radius 2 is 1.87 bits per heavy atom. The Morgan fingerprint density at radius 3 is 2.57 bits per heavy atom. The van der Waals surface area contributed by atoms with Crippen molar-refractivity contribution in [1.82, 2.24) is 30.5 Å². The van der Waals surface area contributed by atoms with Crippen molar-refractivity contribution < 1.29 is 14.0 Å². The monoisotopic (exact) mass is 410 g/mol. The molecule has 2 aromatic heterocycles. The molecule has 3 aromatic rings. The summed E-state index contributed by atoms with van der Waals surface area (Å²) in [4.78, 5) is 32.3. The van der Waals surface area contributed by atoms with Gasteiger partial charge in [0.15, 0.2) is 0 Å². The summed E-state index contributed by atoms with van der Waals surface area (Å²) in [6, 6.07) is 9.30. The number of halogens is 1. The summed E-state index contributed by atoms with van der Waals surface area (Å²) in [5.41, 5.74) is 1.45. The fourth-order valence-electron chi connectivity index (χ4n) is 2.80. The maximum atomic E-state index is 13.1. The van der Waals surface area contributed by atoms with E-state index in [1.807, 2.05) is 29.8 Å². The van der Waals surface area contributed by atoms with Gasteiger partial charge in [-0.05, 0) is 36.2 Å². The number of rotatable bonds is 8. The molecule has 0 bridgehead atoms. The molecule has 0 unspecified atom stereocenters. The van der Waals surface area contributed by atoms with Crippen LogP contribution in [0.1, 0.15) is 17.0 Å². The van der Waals surface area contributed by atoms with Crippen molar-refractivity contribution in [2.45, 2.75) is 19.9 Å². The highest BCUT2D eigenvalue weighted by atomic mass is 19.1. The Morgan fingerprint density at radius 1 is 1.03 bits per heavy atom. The van der Waals surface area contributed by atoms with Gasteiger partial charge in [-0.3, -0.25) is 9.36 Å². The molecule has 0 atom stereocenters. The van der Waals surface area contributed by atoms with Crippen LogP contribution in [0.2, 0.25) is 0 Å². The summed E-state index contributed by atoms with van der Waals surface area (Å²) >= 11 is 0. The van der Waals surface area contributed by atoms with Crippen molar-refractivity contribution >= 4 is 11.9 Å². The van der Waals surface area contributed by atoms with E-state index >= 15 is 0 Å². The van der Waals surface area contributed by atoms with Crippen LogP contribution in [-0.4, -0.2) is 39.6 Å². The lowest BCUT2D eigenvalue weighted by molar-refractivity contribution is -0.120. The average Bonchev–Trinajstić information content (AvgIpc) is 3.16. The molecule has 0 aliphatic heterocycles. The lowest BCUT2D eigenvalue weighted by Gasteiger charge is -2.09.